The summed E-state index contributed by atoms with van der Waals surface area (Å²) in [5.74, 6) is 0.280. The van der Waals surface area contributed by atoms with Gasteiger partial charge in [-0.2, -0.15) is 0 Å². The lowest BCUT2D eigenvalue weighted by atomic mass is 9.83. The average molecular weight is 258 g/mol. The van der Waals surface area contributed by atoms with Crippen molar-refractivity contribution in [3.8, 4) is 0 Å². The first-order valence-electron chi connectivity index (χ1n) is 7.19. The van der Waals surface area contributed by atoms with Gasteiger partial charge in [-0.05, 0) is 57.2 Å². The van der Waals surface area contributed by atoms with E-state index in [1.807, 2.05) is 38.1 Å². The van der Waals surface area contributed by atoms with Gasteiger partial charge in [0.05, 0.1) is 5.41 Å². The molecule has 2 heterocycles. The molecule has 2 saturated heterocycles. The lowest BCUT2D eigenvalue weighted by molar-refractivity contribution is -0.137. The van der Waals surface area contributed by atoms with Crippen LogP contribution in [0, 0.1) is 0 Å². The van der Waals surface area contributed by atoms with Crippen molar-refractivity contribution in [2.24, 2.45) is 0 Å². The molecule has 0 aliphatic carbocycles. The summed E-state index contributed by atoms with van der Waals surface area (Å²) in [6.45, 7) is 4.05. The number of benzene rings is 1. The topological polar surface area (TPSA) is 46.3 Å². The molecule has 2 aliphatic heterocycles. The summed E-state index contributed by atoms with van der Waals surface area (Å²) in [4.78, 5) is 15.1. The third-order valence-corrected chi connectivity index (χ3v) is 4.85. The number of nitrogen functional groups attached to an aromatic ring is 1. The van der Waals surface area contributed by atoms with Crippen LogP contribution in [0.3, 0.4) is 0 Å². The highest BCUT2D eigenvalue weighted by atomic mass is 16.2. The Labute approximate surface area is 114 Å². The number of nitrogens with zero attached hydrogens (tertiary/aromatic N) is 1. The number of anilines is 1. The quantitative estimate of drug-likeness (QED) is 0.829. The molecule has 2 bridgehead atoms. The summed E-state index contributed by atoms with van der Waals surface area (Å²) in [5.41, 5.74) is 7.06. The zero-order valence-electron chi connectivity index (χ0n) is 11.7. The molecule has 3 rings (SSSR count). The van der Waals surface area contributed by atoms with Crippen LogP contribution in [0.25, 0.3) is 0 Å². The first-order chi connectivity index (χ1) is 9.00. The molecule has 1 aromatic rings. The zero-order valence-corrected chi connectivity index (χ0v) is 11.7. The third-order valence-electron chi connectivity index (χ3n) is 4.85. The second-order valence-electron chi connectivity index (χ2n) is 6.42. The van der Waals surface area contributed by atoms with Gasteiger partial charge in [-0.25, -0.2) is 0 Å². The SMILES string of the molecule is CC(C)(C(=O)N1C2CCC1CC2)c1ccc(N)cc1. The lowest BCUT2D eigenvalue weighted by Gasteiger charge is -2.32. The Morgan fingerprint density at radius 2 is 1.58 bits per heavy atom. The summed E-state index contributed by atoms with van der Waals surface area (Å²) in [6.07, 6.45) is 4.75. The fourth-order valence-corrected chi connectivity index (χ4v) is 3.59. The van der Waals surface area contributed by atoms with Crippen molar-refractivity contribution >= 4 is 11.6 Å². The molecular weight excluding hydrogens is 236 g/mol. The fourth-order valence-electron chi connectivity index (χ4n) is 3.59. The van der Waals surface area contributed by atoms with E-state index in [0.717, 1.165) is 11.3 Å². The van der Waals surface area contributed by atoms with E-state index in [-0.39, 0.29) is 5.91 Å². The monoisotopic (exact) mass is 258 g/mol. The van der Waals surface area contributed by atoms with Crippen molar-refractivity contribution in [2.75, 3.05) is 5.73 Å². The minimum Gasteiger partial charge on any atom is -0.399 e. The van der Waals surface area contributed by atoms with Gasteiger partial charge in [-0.15, -0.1) is 0 Å². The molecular formula is C16H22N2O. The Kier molecular flexibility index (Phi) is 2.80. The van der Waals surface area contributed by atoms with Gasteiger partial charge >= 0.3 is 0 Å². The standard InChI is InChI=1S/C16H22N2O/c1-16(2,11-3-5-12(17)6-4-11)15(19)18-13-7-8-14(18)10-9-13/h3-6,13-14H,7-10,17H2,1-2H3. The van der Waals surface area contributed by atoms with Crippen LogP contribution >= 0.6 is 0 Å². The average Bonchev–Trinajstić information content (AvgIpc) is 2.98. The highest BCUT2D eigenvalue weighted by molar-refractivity contribution is 5.88. The lowest BCUT2D eigenvalue weighted by Crippen LogP contribution is -2.45. The van der Waals surface area contributed by atoms with E-state index in [9.17, 15) is 4.79 Å². The first kappa shape index (κ1) is 12.5. The van der Waals surface area contributed by atoms with Gasteiger partial charge in [0.2, 0.25) is 5.91 Å². The van der Waals surface area contributed by atoms with Crippen molar-refractivity contribution in [1.29, 1.82) is 0 Å². The zero-order chi connectivity index (χ0) is 13.6. The Morgan fingerprint density at radius 3 is 2.05 bits per heavy atom. The van der Waals surface area contributed by atoms with E-state index in [0.29, 0.717) is 12.1 Å². The molecule has 1 amide bonds. The smallest absolute Gasteiger partial charge is 0.233 e. The molecule has 0 spiro atoms. The molecule has 0 radical (unpaired) electrons. The second-order valence-corrected chi connectivity index (χ2v) is 6.42. The van der Waals surface area contributed by atoms with E-state index < -0.39 is 5.41 Å². The van der Waals surface area contributed by atoms with Crippen LogP contribution in [0.5, 0.6) is 0 Å². The Bertz CT molecular complexity index is 472. The molecule has 0 saturated carbocycles. The molecule has 102 valence electrons. The minimum atomic E-state index is -0.459. The predicted octanol–water partition coefficient (Wildman–Crippen LogP) is 2.70. The van der Waals surface area contributed by atoms with Gasteiger partial charge in [-0.1, -0.05) is 12.1 Å². The van der Waals surface area contributed by atoms with Gasteiger partial charge in [0.25, 0.3) is 0 Å². The first-order valence-corrected chi connectivity index (χ1v) is 7.19. The molecule has 3 heteroatoms. The molecule has 3 nitrogen and oxygen atoms in total. The number of carbonyl (C=O) groups excluding carboxylic acids is 1. The van der Waals surface area contributed by atoms with Crippen molar-refractivity contribution in [3.63, 3.8) is 0 Å². The number of hydrogen-bond acceptors (Lipinski definition) is 2. The van der Waals surface area contributed by atoms with Crippen molar-refractivity contribution in [2.45, 2.75) is 57.0 Å². The highest BCUT2D eigenvalue weighted by Crippen LogP contribution is 2.40. The summed E-state index contributed by atoms with van der Waals surface area (Å²) < 4.78 is 0. The van der Waals surface area contributed by atoms with Gasteiger partial charge in [0.1, 0.15) is 0 Å². The fraction of sp³-hybridized carbons (Fsp3) is 0.562. The molecule has 19 heavy (non-hydrogen) atoms. The van der Waals surface area contributed by atoms with E-state index in [2.05, 4.69) is 4.90 Å². The van der Waals surface area contributed by atoms with Crippen LogP contribution in [-0.4, -0.2) is 22.9 Å². The number of fused-ring (bicyclic) bond motifs is 2. The Hall–Kier alpha value is -1.51. The normalized spacial score (nSPS) is 25.9. The molecule has 0 unspecified atom stereocenters. The van der Waals surface area contributed by atoms with Gasteiger partial charge in [-0.3, -0.25) is 4.79 Å². The van der Waals surface area contributed by atoms with E-state index >= 15 is 0 Å². The Balaban J connectivity index is 1.87. The predicted molar refractivity (Wildman–Crippen MR) is 76.8 cm³/mol. The van der Waals surface area contributed by atoms with E-state index in [4.69, 9.17) is 5.73 Å². The van der Waals surface area contributed by atoms with Crippen molar-refractivity contribution in [3.05, 3.63) is 29.8 Å². The maximum atomic E-state index is 12.9. The number of carbonyl (C=O) groups is 1. The molecule has 1 aromatic carbocycles. The van der Waals surface area contributed by atoms with Crippen LogP contribution in [0.4, 0.5) is 5.69 Å². The number of nitrogens with two attached hydrogens (primary N) is 1. The van der Waals surface area contributed by atoms with Crippen LogP contribution in [-0.2, 0) is 10.2 Å². The highest BCUT2D eigenvalue weighted by Gasteiger charge is 2.46. The van der Waals surface area contributed by atoms with E-state index in [1.165, 1.54) is 25.7 Å². The van der Waals surface area contributed by atoms with Gasteiger partial charge < -0.3 is 10.6 Å². The molecule has 2 aliphatic rings. The molecule has 2 N–H and O–H groups in total. The molecule has 2 fully saturated rings. The summed E-state index contributed by atoms with van der Waals surface area (Å²) in [5, 5.41) is 0. The van der Waals surface area contributed by atoms with Crippen LogP contribution < -0.4 is 5.73 Å². The van der Waals surface area contributed by atoms with Crippen LogP contribution in [0.15, 0.2) is 24.3 Å². The summed E-state index contributed by atoms with van der Waals surface area (Å²) in [7, 11) is 0. The van der Waals surface area contributed by atoms with Gasteiger partial charge in [0.15, 0.2) is 0 Å². The number of amides is 1. The second kappa shape index (κ2) is 4.26. The summed E-state index contributed by atoms with van der Waals surface area (Å²) >= 11 is 0. The summed E-state index contributed by atoms with van der Waals surface area (Å²) in [6, 6.07) is 8.69. The van der Waals surface area contributed by atoms with Crippen LogP contribution in [0.1, 0.15) is 45.1 Å². The maximum Gasteiger partial charge on any atom is 0.233 e. The van der Waals surface area contributed by atoms with Crippen molar-refractivity contribution in [1.82, 2.24) is 4.90 Å². The maximum absolute atomic E-state index is 12.9. The van der Waals surface area contributed by atoms with Crippen molar-refractivity contribution < 1.29 is 4.79 Å². The molecule has 0 aromatic heterocycles. The Morgan fingerprint density at radius 1 is 1.11 bits per heavy atom. The van der Waals surface area contributed by atoms with E-state index in [1.54, 1.807) is 0 Å². The third kappa shape index (κ3) is 1.92. The van der Waals surface area contributed by atoms with Gasteiger partial charge in [0, 0.05) is 17.8 Å². The molecule has 0 atom stereocenters. The number of hydrogen-bond donors (Lipinski definition) is 1. The van der Waals surface area contributed by atoms with Crippen LogP contribution in [0.2, 0.25) is 0 Å². The number of rotatable bonds is 2. The largest absolute Gasteiger partial charge is 0.399 e. The minimum absolute atomic E-state index is 0.280.